The molecule has 114 valence electrons. The Labute approximate surface area is 137 Å². The molecular weight excluding hydrogens is 346 g/mol. The first-order valence-corrected chi connectivity index (χ1v) is 7.59. The van der Waals surface area contributed by atoms with E-state index >= 15 is 0 Å². The summed E-state index contributed by atoms with van der Waals surface area (Å²) in [7, 11) is 0. The summed E-state index contributed by atoms with van der Waals surface area (Å²) in [6.45, 7) is 3.18. The molecule has 0 bridgehead atoms. The van der Waals surface area contributed by atoms with E-state index in [0.717, 1.165) is 4.47 Å². The van der Waals surface area contributed by atoms with E-state index in [-0.39, 0.29) is 11.7 Å². The highest BCUT2D eigenvalue weighted by molar-refractivity contribution is 9.10. The molecule has 2 rings (SSSR count). The first kappa shape index (κ1) is 16.2. The number of ether oxygens (including phenoxy) is 1. The van der Waals surface area contributed by atoms with Gasteiger partial charge in [-0.2, -0.15) is 0 Å². The predicted octanol–water partition coefficient (Wildman–Crippen LogP) is 4.06. The lowest BCUT2D eigenvalue weighted by atomic mass is 10.1. The van der Waals surface area contributed by atoms with Crippen molar-refractivity contribution in [1.82, 2.24) is 0 Å². The Kier molecular flexibility index (Phi) is 5.33. The highest BCUT2D eigenvalue weighted by Crippen LogP contribution is 2.19. The molecule has 0 radical (unpaired) electrons. The summed E-state index contributed by atoms with van der Waals surface area (Å²) in [5, 5.41) is 2.76. The molecule has 5 heteroatoms. The number of ketones is 1. The average molecular weight is 362 g/mol. The summed E-state index contributed by atoms with van der Waals surface area (Å²) in [6, 6.07) is 14.1. The molecular formula is C17H16BrNO3. The first-order valence-electron chi connectivity index (χ1n) is 6.80. The molecule has 0 aromatic heterocycles. The largest absolute Gasteiger partial charge is 0.481 e. The number of anilines is 1. The van der Waals surface area contributed by atoms with Gasteiger partial charge in [0, 0.05) is 15.7 Å². The van der Waals surface area contributed by atoms with Gasteiger partial charge in [0.25, 0.3) is 5.91 Å². The maximum Gasteiger partial charge on any atom is 0.265 e. The van der Waals surface area contributed by atoms with Crippen LogP contribution in [0.15, 0.2) is 53.0 Å². The summed E-state index contributed by atoms with van der Waals surface area (Å²) >= 11 is 3.35. The molecule has 0 aliphatic rings. The third-order valence-corrected chi connectivity index (χ3v) is 3.53. The van der Waals surface area contributed by atoms with Gasteiger partial charge in [-0.05, 0) is 56.3 Å². The summed E-state index contributed by atoms with van der Waals surface area (Å²) in [6.07, 6.45) is -0.637. The van der Waals surface area contributed by atoms with Crippen LogP contribution in [0.4, 0.5) is 5.69 Å². The quantitative estimate of drug-likeness (QED) is 0.817. The van der Waals surface area contributed by atoms with Crippen LogP contribution in [0.2, 0.25) is 0 Å². The van der Waals surface area contributed by atoms with Crippen molar-refractivity contribution in [2.45, 2.75) is 20.0 Å². The first-order chi connectivity index (χ1) is 10.5. The number of hydrogen-bond acceptors (Lipinski definition) is 3. The zero-order chi connectivity index (χ0) is 16.1. The normalized spacial score (nSPS) is 11.6. The third-order valence-electron chi connectivity index (χ3n) is 3.04. The monoisotopic (exact) mass is 361 g/mol. The molecule has 2 aromatic rings. The SMILES string of the molecule is CC(=O)c1ccc(NC(=O)[C@@H](C)Oc2cccc(Br)c2)cc1. The zero-order valence-corrected chi connectivity index (χ0v) is 13.9. The van der Waals surface area contributed by atoms with Gasteiger partial charge in [-0.3, -0.25) is 9.59 Å². The van der Waals surface area contributed by atoms with Crippen LogP contribution in [-0.2, 0) is 4.79 Å². The molecule has 4 nitrogen and oxygen atoms in total. The maximum absolute atomic E-state index is 12.1. The second-order valence-corrected chi connectivity index (χ2v) is 5.76. The van der Waals surface area contributed by atoms with Crippen LogP contribution >= 0.6 is 15.9 Å². The lowest BCUT2D eigenvalue weighted by molar-refractivity contribution is -0.122. The van der Waals surface area contributed by atoms with Crippen molar-refractivity contribution in [2.75, 3.05) is 5.32 Å². The van der Waals surface area contributed by atoms with Crippen LogP contribution in [0, 0.1) is 0 Å². The highest BCUT2D eigenvalue weighted by Gasteiger charge is 2.15. The molecule has 0 saturated carbocycles. The molecule has 2 aromatic carbocycles. The van der Waals surface area contributed by atoms with E-state index in [9.17, 15) is 9.59 Å². The number of amides is 1. The van der Waals surface area contributed by atoms with E-state index in [0.29, 0.717) is 17.0 Å². The second-order valence-electron chi connectivity index (χ2n) is 4.84. The van der Waals surface area contributed by atoms with Gasteiger partial charge in [0.2, 0.25) is 0 Å². The van der Waals surface area contributed by atoms with Crippen LogP contribution < -0.4 is 10.1 Å². The zero-order valence-electron chi connectivity index (χ0n) is 12.3. The summed E-state index contributed by atoms with van der Waals surface area (Å²) in [5.41, 5.74) is 1.23. The Hall–Kier alpha value is -2.14. The van der Waals surface area contributed by atoms with Crippen LogP contribution in [0.5, 0.6) is 5.75 Å². The fraction of sp³-hybridized carbons (Fsp3) is 0.176. The average Bonchev–Trinajstić information content (AvgIpc) is 2.47. The second kappa shape index (κ2) is 7.22. The maximum atomic E-state index is 12.1. The van der Waals surface area contributed by atoms with Crippen molar-refractivity contribution < 1.29 is 14.3 Å². The smallest absolute Gasteiger partial charge is 0.265 e. The number of halogens is 1. The molecule has 0 aliphatic carbocycles. The predicted molar refractivity (Wildman–Crippen MR) is 89.3 cm³/mol. The molecule has 0 unspecified atom stereocenters. The van der Waals surface area contributed by atoms with E-state index in [2.05, 4.69) is 21.2 Å². The van der Waals surface area contributed by atoms with Crippen molar-refractivity contribution in [3.63, 3.8) is 0 Å². The standard InChI is InChI=1S/C17H16BrNO3/c1-11(20)13-6-8-15(9-7-13)19-17(21)12(2)22-16-5-3-4-14(18)10-16/h3-10,12H,1-2H3,(H,19,21)/t12-/m1/s1. The van der Waals surface area contributed by atoms with Gasteiger partial charge < -0.3 is 10.1 Å². The molecule has 1 atom stereocenters. The molecule has 0 fully saturated rings. The van der Waals surface area contributed by atoms with E-state index < -0.39 is 6.10 Å². The molecule has 0 heterocycles. The minimum Gasteiger partial charge on any atom is -0.481 e. The molecule has 1 N–H and O–H groups in total. The number of nitrogens with one attached hydrogen (secondary N) is 1. The Balaban J connectivity index is 1.97. The minimum atomic E-state index is -0.637. The van der Waals surface area contributed by atoms with Gasteiger partial charge in [-0.15, -0.1) is 0 Å². The van der Waals surface area contributed by atoms with Crippen molar-refractivity contribution in [3.8, 4) is 5.75 Å². The minimum absolute atomic E-state index is 0.00997. The van der Waals surface area contributed by atoms with Gasteiger partial charge in [0.1, 0.15) is 5.75 Å². The Morgan fingerprint density at radius 3 is 2.41 bits per heavy atom. The van der Waals surface area contributed by atoms with Gasteiger partial charge >= 0.3 is 0 Å². The number of Topliss-reactive ketones (excluding diaryl/α,β-unsaturated/α-hetero) is 1. The third kappa shape index (κ3) is 4.43. The van der Waals surface area contributed by atoms with Gasteiger partial charge in [-0.25, -0.2) is 0 Å². The summed E-state index contributed by atoms with van der Waals surface area (Å²) < 4.78 is 6.48. The van der Waals surface area contributed by atoms with E-state index in [4.69, 9.17) is 4.74 Å². The van der Waals surface area contributed by atoms with E-state index in [1.807, 2.05) is 12.1 Å². The van der Waals surface area contributed by atoms with Crippen molar-refractivity contribution in [3.05, 3.63) is 58.6 Å². The highest BCUT2D eigenvalue weighted by atomic mass is 79.9. The summed E-state index contributed by atoms with van der Waals surface area (Å²) in [4.78, 5) is 23.3. The van der Waals surface area contributed by atoms with Crippen LogP contribution in [-0.4, -0.2) is 17.8 Å². The molecule has 1 amide bonds. The molecule has 0 spiro atoms. The number of hydrogen-bond donors (Lipinski definition) is 1. The number of benzene rings is 2. The topological polar surface area (TPSA) is 55.4 Å². The van der Waals surface area contributed by atoms with Gasteiger partial charge in [-0.1, -0.05) is 22.0 Å². The Morgan fingerprint density at radius 1 is 1.14 bits per heavy atom. The number of carbonyl (C=O) groups excluding carboxylic acids is 2. The van der Waals surface area contributed by atoms with Crippen LogP contribution in [0.1, 0.15) is 24.2 Å². The molecule has 0 aliphatic heterocycles. The van der Waals surface area contributed by atoms with Crippen LogP contribution in [0.25, 0.3) is 0 Å². The van der Waals surface area contributed by atoms with E-state index in [1.54, 1.807) is 43.3 Å². The van der Waals surface area contributed by atoms with Crippen LogP contribution in [0.3, 0.4) is 0 Å². The lowest BCUT2D eigenvalue weighted by Gasteiger charge is -2.15. The lowest BCUT2D eigenvalue weighted by Crippen LogP contribution is -2.30. The van der Waals surface area contributed by atoms with Crippen molar-refractivity contribution in [1.29, 1.82) is 0 Å². The molecule has 22 heavy (non-hydrogen) atoms. The van der Waals surface area contributed by atoms with E-state index in [1.165, 1.54) is 6.92 Å². The Morgan fingerprint density at radius 2 is 1.82 bits per heavy atom. The van der Waals surface area contributed by atoms with Gasteiger partial charge in [0.15, 0.2) is 11.9 Å². The fourth-order valence-electron chi connectivity index (χ4n) is 1.83. The van der Waals surface area contributed by atoms with Crippen molar-refractivity contribution in [2.24, 2.45) is 0 Å². The number of rotatable bonds is 5. The van der Waals surface area contributed by atoms with Crippen molar-refractivity contribution >= 4 is 33.3 Å². The summed E-state index contributed by atoms with van der Waals surface area (Å²) in [5.74, 6) is 0.351. The number of carbonyl (C=O) groups is 2. The molecule has 0 saturated heterocycles. The fourth-order valence-corrected chi connectivity index (χ4v) is 2.21. The Bertz CT molecular complexity index is 683. The van der Waals surface area contributed by atoms with Gasteiger partial charge in [0.05, 0.1) is 0 Å².